The molecule has 31 heavy (non-hydrogen) atoms. The van der Waals surface area contributed by atoms with Crippen LogP contribution in [-0.2, 0) is 20.0 Å². The van der Waals surface area contributed by atoms with Gasteiger partial charge in [0.2, 0.25) is 20.0 Å². The number of hydrogen-bond acceptors (Lipinski definition) is 5. The van der Waals surface area contributed by atoms with Crippen LogP contribution in [0.2, 0.25) is 0 Å². The standard InChI is InChI=1S/C21H27N3O5S2/c1-16(17-9-8-10-18(15-17)23-30(2,26)27)22-21(25)19-11-4-5-12-20(19)31(28,29)24-13-6-3-7-14-24/h4-5,8-12,15-16,23H,3,6-7,13-14H2,1-2H3,(H,22,25). The van der Waals surface area contributed by atoms with Gasteiger partial charge in [-0.15, -0.1) is 0 Å². The van der Waals surface area contributed by atoms with E-state index in [1.807, 2.05) is 0 Å². The Labute approximate surface area is 183 Å². The minimum atomic E-state index is -3.77. The number of carbonyl (C=O) groups excluding carboxylic acids is 1. The molecule has 3 rings (SSSR count). The molecule has 0 radical (unpaired) electrons. The fourth-order valence-electron chi connectivity index (χ4n) is 3.57. The second kappa shape index (κ2) is 9.37. The van der Waals surface area contributed by atoms with Crippen LogP contribution in [0.25, 0.3) is 0 Å². The Bertz CT molecular complexity index is 1160. The van der Waals surface area contributed by atoms with Crippen LogP contribution >= 0.6 is 0 Å². The Balaban J connectivity index is 1.82. The average Bonchev–Trinajstić information content (AvgIpc) is 2.73. The van der Waals surface area contributed by atoms with Gasteiger partial charge in [-0.05, 0) is 49.6 Å². The van der Waals surface area contributed by atoms with E-state index in [9.17, 15) is 21.6 Å². The summed E-state index contributed by atoms with van der Waals surface area (Å²) in [4.78, 5) is 13.0. The molecular formula is C21H27N3O5S2. The van der Waals surface area contributed by atoms with Gasteiger partial charge in [0.1, 0.15) is 0 Å². The van der Waals surface area contributed by atoms with Gasteiger partial charge in [-0.3, -0.25) is 9.52 Å². The molecule has 1 saturated heterocycles. The minimum absolute atomic E-state index is 0.00547. The van der Waals surface area contributed by atoms with E-state index in [2.05, 4.69) is 10.0 Å². The predicted molar refractivity (Wildman–Crippen MR) is 120 cm³/mol. The Morgan fingerprint density at radius 1 is 0.968 bits per heavy atom. The predicted octanol–water partition coefficient (Wildman–Crippen LogP) is 2.72. The molecule has 1 fully saturated rings. The van der Waals surface area contributed by atoms with Crippen LogP contribution in [0.3, 0.4) is 0 Å². The first kappa shape index (κ1) is 23.2. The number of anilines is 1. The van der Waals surface area contributed by atoms with Crippen LogP contribution in [0.15, 0.2) is 53.4 Å². The van der Waals surface area contributed by atoms with E-state index >= 15 is 0 Å². The van der Waals surface area contributed by atoms with Gasteiger partial charge in [0.25, 0.3) is 5.91 Å². The number of rotatable bonds is 7. The molecule has 0 aliphatic carbocycles. The number of benzene rings is 2. The third kappa shape index (κ3) is 5.84. The summed E-state index contributed by atoms with van der Waals surface area (Å²) in [7, 11) is -7.20. The van der Waals surface area contributed by atoms with E-state index in [1.165, 1.54) is 16.4 Å². The first-order chi connectivity index (χ1) is 14.6. The smallest absolute Gasteiger partial charge is 0.253 e. The van der Waals surface area contributed by atoms with Crippen LogP contribution in [0.1, 0.15) is 48.1 Å². The average molecular weight is 466 g/mol. The maximum absolute atomic E-state index is 13.1. The minimum Gasteiger partial charge on any atom is -0.345 e. The topological polar surface area (TPSA) is 113 Å². The second-order valence-corrected chi connectivity index (χ2v) is 11.3. The zero-order chi connectivity index (χ0) is 22.6. The Morgan fingerprint density at radius 2 is 1.65 bits per heavy atom. The highest BCUT2D eigenvalue weighted by Crippen LogP contribution is 2.25. The van der Waals surface area contributed by atoms with Crippen molar-refractivity contribution in [2.24, 2.45) is 0 Å². The highest BCUT2D eigenvalue weighted by Gasteiger charge is 2.30. The van der Waals surface area contributed by atoms with Crippen molar-refractivity contribution < 1.29 is 21.6 Å². The molecule has 1 aliphatic heterocycles. The quantitative estimate of drug-likeness (QED) is 0.653. The largest absolute Gasteiger partial charge is 0.345 e. The first-order valence-corrected chi connectivity index (χ1v) is 13.4. The van der Waals surface area contributed by atoms with Crippen LogP contribution in [-0.4, -0.2) is 46.4 Å². The first-order valence-electron chi connectivity index (χ1n) is 10.1. The lowest BCUT2D eigenvalue weighted by Crippen LogP contribution is -2.37. The van der Waals surface area contributed by atoms with Gasteiger partial charge < -0.3 is 5.32 Å². The summed E-state index contributed by atoms with van der Waals surface area (Å²) in [5.74, 6) is -0.509. The van der Waals surface area contributed by atoms with Crippen LogP contribution in [0.5, 0.6) is 0 Å². The third-order valence-corrected chi connectivity index (χ3v) is 7.67. The van der Waals surface area contributed by atoms with Crippen molar-refractivity contribution in [3.8, 4) is 0 Å². The lowest BCUT2D eigenvalue weighted by molar-refractivity contribution is 0.0936. The Kier molecular flexibility index (Phi) is 7.03. The number of sulfonamides is 2. The molecule has 168 valence electrons. The van der Waals surface area contributed by atoms with Crippen molar-refractivity contribution in [3.05, 3.63) is 59.7 Å². The summed E-state index contributed by atoms with van der Waals surface area (Å²) in [6.07, 6.45) is 3.68. The van der Waals surface area contributed by atoms with Gasteiger partial charge in [-0.25, -0.2) is 16.8 Å². The second-order valence-electron chi connectivity index (χ2n) is 7.66. The summed E-state index contributed by atoms with van der Waals surface area (Å²) < 4.78 is 53.0. The molecule has 8 nitrogen and oxygen atoms in total. The lowest BCUT2D eigenvalue weighted by atomic mass is 10.1. The fraction of sp³-hybridized carbons (Fsp3) is 0.381. The molecular weight excluding hydrogens is 438 g/mol. The molecule has 0 bridgehead atoms. The molecule has 2 aromatic rings. The normalized spacial score (nSPS) is 16.5. The van der Waals surface area contributed by atoms with Crippen molar-refractivity contribution >= 4 is 31.6 Å². The van der Waals surface area contributed by atoms with Gasteiger partial charge in [0, 0.05) is 18.8 Å². The number of hydrogen-bond donors (Lipinski definition) is 2. The number of carbonyl (C=O) groups is 1. The Hall–Kier alpha value is -2.43. The van der Waals surface area contributed by atoms with Crippen molar-refractivity contribution in [1.82, 2.24) is 9.62 Å². The lowest BCUT2D eigenvalue weighted by Gasteiger charge is -2.26. The molecule has 2 N–H and O–H groups in total. The van der Waals surface area contributed by atoms with Crippen molar-refractivity contribution in [2.75, 3.05) is 24.1 Å². The van der Waals surface area contributed by atoms with Crippen LogP contribution in [0.4, 0.5) is 5.69 Å². The number of piperidine rings is 1. The van der Waals surface area contributed by atoms with E-state index < -0.39 is 32.0 Å². The molecule has 0 spiro atoms. The fourth-order valence-corrected chi connectivity index (χ4v) is 5.83. The number of nitrogens with one attached hydrogen (secondary N) is 2. The highest BCUT2D eigenvalue weighted by molar-refractivity contribution is 7.92. The Morgan fingerprint density at radius 3 is 2.32 bits per heavy atom. The van der Waals surface area contributed by atoms with E-state index in [0.717, 1.165) is 25.5 Å². The van der Waals surface area contributed by atoms with Crippen molar-refractivity contribution in [1.29, 1.82) is 0 Å². The molecule has 1 aliphatic rings. The summed E-state index contributed by atoms with van der Waals surface area (Å²) in [5, 5.41) is 2.82. The molecule has 1 atom stereocenters. The highest BCUT2D eigenvalue weighted by atomic mass is 32.2. The van der Waals surface area contributed by atoms with Crippen LogP contribution in [0, 0.1) is 0 Å². The van der Waals surface area contributed by atoms with E-state index in [-0.39, 0.29) is 10.5 Å². The summed E-state index contributed by atoms with van der Waals surface area (Å²) in [5.41, 5.74) is 1.15. The van der Waals surface area contributed by atoms with Crippen molar-refractivity contribution in [2.45, 2.75) is 37.1 Å². The molecule has 0 aromatic heterocycles. The molecule has 2 aromatic carbocycles. The molecule has 10 heteroatoms. The molecule has 1 unspecified atom stereocenters. The van der Waals surface area contributed by atoms with Gasteiger partial charge in [0.15, 0.2) is 0 Å². The van der Waals surface area contributed by atoms with Gasteiger partial charge in [-0.1, -0.05) is 30.7 Å². The maximum atomic E-state index is 13.1. The maximum Gasteiger partial charge on any atom is 0.253 e. The van der Waals surface area contributed by atoms with E-state index in [4.69, 9.17) is 0 Å². The monoisotopic (exact) mass is 465 g/mol. The van der Waals surface area contributed by atoms with Gasteiger partial charge >= 0.3 is 0 Å². The van der Waals surface area contributed by atoms with Crippen LogP contribution < -0.4 is 10.0 Å². The molecule has 1 heterocycles. The third-order valence-electron chi connectivity index (χ3n) is 5.10. The SMILES string of the molecule is CC(NC(=O)c1ccccc1S(=O)(=O)N1CCCCC1)c1cccc(NS(C)(=O)=O)c1. The zero-order valence-electron chi connectivity index (χ0n) is 17.5. The van der Waals surface area contributed by atoms with E-state index in [1.54, 1.807) is 43.3 Å². The summed E-state index contributed by atoms with van der Waals surface area (Å²) in [6.45, 7) is 2.66. The number of amides is 1. The summed E-state index contributed by atoms with van der Waals surface area (Å²) in [6, 6.07) is 12.4. The van der Waals surface area contributed by atoms with Gasteiger partial charge in [-0.2, -0.15) is 4.31 Å². The van der Waals surface area contributed by atoms with E-state index in [0.29, 0.717) is 24.3 Å². The zero-order valence-corrected chi connectivity index (χ0v) is 19.2. The molecule has 1 amide bonds. The van der Waals surface area contributed by atoms with Gasteiger partial charge in [0.05, 0.1) is 22.8 Å². The number of nitrogens with zero attached hydrogens (tertiary/aromatic N) is 1. The van der Waals surface area contributed by atoms with Crippen molar-refractivity contribution in [3.63, 3.8) is 0 Å². The molecule has 0 saturated carbocycles. The summed E-state index contributed by atoms with van der Waals surface area (Å²) >= 11 is 0.